The number of halogens is 1. The lowest BCUT2D eigenvalue weighted by Crippen LogP contribution is -2.27. The second-order valence-electron chi connectivity index (χ2n) is 3.92. The summed E-state index contributed by atoms with van der Waals surface area (Å²) >= 11 is 5.67. The van der Waals surface area contributed by atoms with Crippen molar-refractivity contribution in [1.29, 1.82) is 0 Å². The smallest absolute Gasteiger partial charge is 0.0238 e. The van der Waals surface area contributed by atoms with E-state index in [0.29, 0.717) is 6.04 Å². The molecule has 0 amide bonds. The van der Waals surface area contributed by atoms with Crippen molar-refractivity contribution in [3.8, 4) is 0 Å². The predicted molar refractivity (Wildman–Crippen MR) is 67.6 cm³/mol. The SMILES string of the molecule is CC(CCCl)NCCCc1ccccc1. The minimum Gasteiger partial charge on any atom is -0.314 e. The third-order valence-electron chi connectivity index (χ3n) is 2.52. The van der Waals surface area contributed by atoms with E-state index in [2.05, 4.69) is 42.6 Å². The molecule has 0 saturated heterocycles. The van der Waals surface area contributed by atoms with Crippen LogP contribution >= 0.6 is 11.6 Å². The number of rotatable bonds is 7. The third-order valence-corrected chi connectivity index (χ3v) is 2.74. The van der Waals surface area contributed by atoms with Gasteiger partial charge in [-0.1, -0.05) is 30.3 Å². The van der Waals surface area contributed by atoms with Crippen LogP contribution in [0.5, 0.6) is 0 Å². The maximum Gasteiger partial charge on any atom is 0.0238 e. The number of hydrogen-bond donors (Lipinski definition) is 1. The first kappa shape index (κ1) is 12.5. The molecule has 0 heterocycles. The molecule has 15 heavy (non-hydrogen) atoms. The van der Waals surface area contributed by atoms with Crippen LogP contribution in [-0.2, 0) is 6.42 Å². The minimum absolute atomic E-state index is 0.540. The molecule has 1 nitrogen and oxygen atoms in total. The Labute approximate surface area is 97.8 Å². The lowest BCUT2D eigenvalue weighted by Gasteiger charge is -2.11. The molecule has 0 radical (unpaired) electrons. The topological polar surface area (TPSA) is 12.0 Å². The van der Waals surface area contributed by atoms with Gasteiger partial charge in [0.25, 0.3) is 0 Å². The molecule has 0 fully saturated rings. The van der Waals surface area contributed by atoms with E-state index in [1.165, 1.54) is 12.0 Å². The van der Waals surface area contributed by atoms with Crippen molar-refractivity contribution in [2.75, 3.05) is 12.4 Å². The summed E-state index contributed by atoms with van der Waals surface area (Å²) in [4.78, 5) is 0. The largest absolute Gasteiger partial charge is 0.314 e. The fourth-order valence-corrected chi connectivity index (χ4v) is 1.88. The van der Waals surface area contributed by atoms with Gasteiger partial charge in [-0.2, -0.15) is 0 Å². The normalized spacial score (nSPS) is 12.7. The Morgan fingerprint density at radius 2 is 2.00 bits per heavy atom. The average Bonchev–Trinajstić information content (AvgIpc) is 2.26. The molecule has 1 unspecified atom stereocenters. The van der Waals surface area contributed by atoms with Gasteiger partial charge in [0, 0.05) is 11.9 Å². The molecule has 84 valence electrons. The summed E-state index contributed by atoms with van der Waals surface area (Å²) in [5, 5.41) is 3.47. The van der Waals surface area contributed by atoms with Crippen LogP contribution in [0, 0.1) is 0 Å². The van der Waals surface area contributed by atoms with E-state index >= 15 is 0 Å². The summed E-state index contributed by atoms with van der Waals surface area (Å²) < 4.78 is 0. The lowest BCUT2D eigenvalue weighted by atomic mass is 10.1. The highest BCUT2D eigenvalue weighted by Crippen LogP contribution is 2.02. The van der Waals surface area contributed by atoms with Crippen molar-refractivity contribution in [2.45, 2.75) is 32.2 Å². The number of alkyl halides is 1. The summed E-state index contributed by atoms with van der Waals surface area (Å²) in [5.74, 6) is 0.743. The van der Waals surface area contributed by atoms with E-state index in [-0.39, 0.29) is 0 Å². The molecule has 0 aliphatic carbocycles. The Kier molecular flexibility index (Phi) is 6.45. The van der Waals surface area contributed by atoms with Gasteiger partial charge in [-0.15, -0.1) is 11.6 Å². The second kappa shape index (κ2) is 7.72. The summed E-state index contributed by atoms with van der Waals surface area (Å²) in [6.45, 7) is 3.26. The quantitative estimate of drug-likeness (QED) is 0.555. The Balaban J connectivity index is 2.07. The molecular formula is C13H20ClN. The van der Waals surface area contributed by atoms with Crippen molar-refractivity contribution in [1.82, 2.24) is 5.32 Å². The Hall–Kier alpha value is -0.530. The highest BCUT2D eigenvalue weighted by atomic mass is 35.5. The van der Waals surface area contributed by atoms with E-state index in [4.69, 9.17) is 11.6 Å². The van der Waals surface area contributed by atoms with Gasteiger partial charge < -0.3 is 5.32 Å². The van der Waals surface area contributed by atoms with Crippen LogP contribution in [0.3, 0.4) is 0 Å². The first-order chi connectivity index (χ1) is 7.33. The van der Waals surface area contributed by atoms with Crippen molar-refractivity contribution in [2.24, 2.45) is 0 Å². The first-order valence-electron chi connectivity index (χ1n) is 5.66. The van der Waals surface area contributed by atoms with Crippen LogP contribution < -0.4 is 5.32 Å². The first-order valence-corrected chi connectivity index (χ1v) is 6.19. The summed E-state index contributed by atoms with van der Waals surface area (Å²) in [7, 11) is 0. The van der Waals surface area contributed by atoms with Crippen LogP contribution in [0.25, 0.3) is 0 Å². The average molecular weight is 226 g/mol. The molecule has 2 heteroatoms. The number of aryl methyl sites for hydroxylation is 1. The van der Waals surface area contributed by atoms with Gasteiger partial charge in [0.1, 0.15) is 0 Å². The molecule has 0 aliphatic rings. The third kappa shape index (κ3) is 5.81. The molecule has 1 atom stereocenters. The van der Waals surface area contributed by atoms with Gasteiger partial charge in [0.2, 0.25) is 0 Å². The Morgan fingerprint density at radius 1 is 1.27 bits per heavy atom. The van der Waals surface area contributed by atoms with E-state index < -0.39 is 0 Å². The van der Waals surface area contributed by atoms with Crippen molar-refractivity contribution >= 4 is 11.6 Å². The van der Waals surface area contributed by atoms with Crippen LogP contribution in [0.15, 0.2) is 30.3 Å². The molecule has 0 aromatic heterocycles. The second-order valence-corrected chi connectivity index (χ2v) is 4.30. The van der Waals surface area contributed by atoms with Crippen LogP contribution in [0.1, 0.15) is 25.3 Å². The molecule has 0 saturated carbocycles. The fourth-order valence-electron chi connectivity index (χ4n) is 1.55. The van der Waals surface area contributed by atoms with E-state index in [0.717, 1.165) is 25.3 Å². The number of hydrogen-bond acceptors (Lipinski definition) is 1. The van der Waals surface area contributed by atoms with E-state index in [9.17, 15) is 0 Å². The minimum atomic E-state index is 0.540. The summed E-state index contributed by atoms with van der Waals surface area (Å²) in [5.41, 5.74) is 1.42. The molecule has 1 aromatic carbocycles. The molecule has 1 N–H and O–H groups in total. The van der Waals surface area contributed by atoms with Gasteiger partial charge in [-0.25, -0.2) is 0 Å². The monoisotopic (exact) mass is 225 g/mol. The van der Waals surface area contributed by atoms with Crippen LogP contribution in [0.2, 0.25) is 0 Å². The molecule has 1 rings (SSSR count). The van der Waals surface area contributed by atoms with Crippen molar-refractivity contribution in [3.63, 3.8) is 0 Å². The van der Waals surface area contributed by atoms with Gasteiger partial charge in [0.15, 0.2) is 0 Å². The Bertz CT molecular complexity index is 248. The fraction of sp³-hybridized carbons (Fsp3) is 0.538. The van der Waals surface area contributed by atoms with E-state index in [1.807, 2.05) is 0 Å². The zero-order chi connectivity index (χ0) is 10.9. The number of nitrogens with one attached hydrogen (secondary N) is 1. The molecule has 0 bridgehead atoms. The van der Waals surface area contributed by atoms with Gasteiger partial charge in [-0.05, 0) is 38.3 Å². The van der Waals surface area contributed by atoms with Gasteiger partial charge in [-0.3, -0.25) is 0 Å². The Morgan fingerprint density at radius 3 is 2.67 bits per heavy atom. The molecule has 0 spiro atoms. The predicted octanol–water partition coefficient (Wildman–Crippen LogP) is 3.23. The summed E-state index contributed by atoms with van der Waals surface area (Å²) in [6.07, 6.45) is 3.39. The van der Waals surface area contributed by atoms with Gasteiger partial charge >= 0.3 is 0 Å². The van der Waals surface area contributed by atoms with Gasteiger partial charge in [0.05, 0.1) is 0 Å². The maximum absolute atomic E-state index is 5.67. The zero-order valence-electron chi connectivity index (χ0n) is 9.38. The molecular weight excluding hydrogens is 206 g/mol. The highest BCUT2D eigenvalue weighted by Gasteiger charge is 1.98. The molecule has 1 aromatic rings. The van der Waals surface area contributed by atoms with Crippen molar-refractivity contribution in [3.05, 3.63) is 35.9 Å². The van der Waals surface area contributed by atoms with E-state index in [1.54, 1.807) is 0 Å². The maximum atomic E-state index is 5.67. The lowest BCUT2D eigenvalue weighted by molar-refractivity contribution is 0.526. The zero-order valence-corrected chi connectivity index (χ0v) is 10.1. The standard InChI is InChI=1S/C13H20ClN/c1-12(9-10-14)15-11-5-8-13-6-3-2-4-7-13/h2-4,6-7,12,15H,5,8-11H2,1H3. The van der Waals surface area contributed by atoms with Crippen LogP contribution in [-0.4, -0.2) is 18.5 Å². The summed E-state index contributed by atoms with van der Waals surface area (Å²) in [6, 6.07) is 11.2. The highest BCUT2D eigenvalue weighted by molar-refractivity contribution is 6.17. The van der Waals surface area contributed by atoms with Crippen molar-refractivity contribution < 1.29 is 0 Å². The number of benzene rings is 1. The molecule has 0 aliphatic heterocycles. The van der Waals surface area contributed by atoms with Crippen LogP contribution in [0.4, 0.5) is 0 Å².